The summed E-state index contributed by atoms with van der Waals surface area (Å²) >= 11 is 0. The lowest BCUT2D eigenvalue weighted by atomic mass is 9.55. The van der Waals surface area contributed by atoms with Gasteiger partial charge in [0, 0.05) is 5.92 Å². The van der Waals surface area contributed by atoms with E-state index in [0.29, 0.717) is 23.5 Å². The van der Waals surface area contributed by atoms with Crippen molar-refractivity contribution in [2.24, 2.45) is 29.6 Å². The van der Waals surface area contributed by atoms with Gasteiger partial charge in [0.1, 0.15) is 5.75 Å². The van der Waals surface area contributed by atoms with E-state index >= 15 is 0 Å². The number of ether oxygens (including phenoxy) is 1. The van der Waals surface area contributed by atoms with Gasteiger partial charge in [-0.15, -0.1) is 0 Å². The Balaban J connectivity index is 1.35. The van der Waals surface area contributed by atoms with Gasteiger partial charge in [-0.05, 0) is 123 Å². The minimum atomic E-state index is -0.173. The Morgan fingerprint density at radius 3 is 2.53 bits per heavy atom. The summed E-state index contributed by atoms with van der Waals surface area (Å²) in [5.41, 5.74) is 6.03. The first-order valence-corrected chi connectivity index (χ1v) is 14.5. The number of aromatic hydroxyl groups is 1. The molecule has 1 aliphatic heterocycles. The largest absolute Gasteiger partial charge is 0.508 e. The smallest absolute Gasteiger partial charge is 0.115 e. The molecule has 3 nitrogen and oxygen atoms in total. The Kier molecular flexibility index (Phi) is 5.58. The second-order valence-corrected chi connectivity index (χ2v) is 12.7. The summed E-state index contributed by atoms with van der Waals surface area (Å²) < 4.78 is 6.98. The Bertz CT molecular complexity index is 965. The fraction of sp³-hybridized carbons (Fsp3) is 0.742. The van der Waals surface area contributed by atoms with Gasteiger partial charge < -0.3 is 14.9 Å². The summed E-state index contributed by atoms with van der Waals surface area (Å²) in [6.07, 6.45) is 17.9. The quantitative estimate of drug-likeness (QED) is 0.459. The van der Waals surface area contributed by atoms with E-state index in [1.54, 1.807) is 11.1 Å². The number of aliphatic hydroxyl groups is 1. The monoisotopic (exact) mass is 462 g/mol. The normalized spacial score (nSPS) is 43.7. The molecule has 1 heterocycles. The van der Waals surface area contributed by atoms with E-state index in [9.17, 15) is 10.2 Å². The zero-order chi connectivity index (χ0) is 22.8. The number of aliphatic hydroxyl groups excluding tert-OH is 1. The predicted molar refractivity (Wildman–Crippen MR) is 134 cm³/mol. The van der Waals surface area contributed by atoms with Gasteiger partial charge in [-0.2, -0.15) is 0 Å². The molecule has 1 aromatic carbocycles. The highest BCUT2D eigenvalue weighted by Gasteiger charge is 2.52. The summed E-state index contributed by atoms with van der Waals surface area (Å²) in [6.45, 7) is 0. The number of hydrogen-bond acceptors (Lipinski definition) is 3. The lowest BCUT2D eigenvalue weighted by molar-refractivity contribution is -0.0841. The SMILES string of the molecule is Oc1ccc2c(c1)C1C(CC2)OC2CCC3CCC(O)CC3=C2C1C1CCC2CCCCC2C1. The van der Waals surface area contributed by atoms with E-state index in [-0.39, 0.29) is 18.3 Å². The van der Waals surface area contributed by atoms with Gasteiger partial charge in [0.25, 0.3) is 0 Å². The summed E-state index contributed by atoms with van der Waals surface area (Å²) in [6, 6.07) is 6.13. The van der Waals surface area contributed by atoms with Crippen LogP contribution in [0.2, 0.25) is 0 Å². The molecule has 0 amide bonds. The van der Waals surface area contributed by atoms with E-state index < -0.39 is 0 Å². The van der Waals surface area contributed by atoms with Crippen molar-refractivity contribution in [3.63, 3.8) is 0 Å². The van der Waals surface area contributed by atoms with Gasteiger partial charge in [0.05, 0.1) is 18.3 Å². The minimum Gasteiger partial charge on any atom is -0.508 e. The molecule has 3 saturated carbocycles. The molecular weight excluding hydrogens is 420 g/mol. The molecule has 9 atom stereocenters. The number of phenolic OH excluding ortho intramolecular Hbond substituents is 1. The highest BCUT2D eigenvalue weighted by atomic mass is 16.5. The molecule has 7 rings (SSSR count). The first-order valence-electron chi connectivity index (χ1n) is 14.5. The van der Waals surface area contributed by atoms with E-state index in [4.69, 9.17) is 4.74 Å². The molecule has 0 bridgehead atoms. The van der Waals surface area contributed by atoms with Crippen LogP contribution in [0.3, 0.4) is 0 Å². The van der Waals surface area contributed by atoms with Crippen LogP contribution >= 0.6 is 0 Å². The first-order chi connectivity index (χ1) is 16.7. The predicted octanol–water partition coefficient (Wildman–Crippen LogP) is 6.66. The second-order valence-electron chi connectivity index (χ2n) is 12.7. The number of benzene rings is 1. The molecule has 34 heavy (non-hydrogen) atoms. The molecule has 184 valence electrons. The van der Waals surface area contributed by atoms with Crippen LogP contribution in [0.4, 0.5) is 0 Å². The van der Waals surface area contributed by atoms with Crippen LogP contribution in [0.25, 0.3) is 0 Å². The molecule has 1 aromatic rings. The fourth-order valence-corrected chi connectivity index (χ4v) is 9.61. The number of hydrogen-bond donors (Lipinski definition) is 2. The number of fused-ring (bicyclic) bond motifs is 6. The summed E-state index contributed by atoms with van der Waals surface area (Å²) in [5, 5.41) is 21.2. The fourth-order valence-electron chi connectivity index (χ4n) is 9.61. The average molecular weight is 463 g/mol. The topological polar surface area (TPSA) is 49.7 Å². The minimum absolute atomic E-state index is 0.173. The van der Waals surface area contributed by atoms with Gasteiger partial charge in [-0.25, -0.2) is 0 Å². The third-order valence-electron chi connectivity index (χ3n) is 11.1. The molecule has 0 radical (unpaired) electrons. The number of phenols is 1. The van der Waals surface area contributed by atoms with Crippen molar-refractivity contribution < 1.29 is 14.9 Å². The van der Waals surface area contributed by atoms with Crippen LogP contribution < -0.4 is 0 Å². The lowest BCUT2D eigenvalue weighted by Gasteiger charge is -2.55. The Hall–Kier alpha value is -1.32. The van der Waals surface area contributed by atoms with Crippen molar-refractivity contribution in [3.8, 4) is 5.75 Å². The number of aryl methyl sites for hydroxylation is 1. The summed E-state index contributed by atoms with van der Waals surface area (Å²) in [7, 11) is 0. The average Bonchev–Trinajstić information content (AvgIpc) is 2.86. The molecule has 0 spiro atoms. The van der Waals surface area contributed by atoms with Gasteiger partial charge in [-0.3, -0.25) is 0 Å². The van der Waals surface area contributed by atoms with E-state index in [2.05, 4.69) is 12.1 Å². The van der Waals surface area contributed by atoms with Gasteiger partial charge >= 0.3 is 0 Å². The highest BCUT2D eigenvalue weighted by Crippen LogP contribution is 2.59. The molecule has 6 aliphatic rings. The molecule has 4 fully saturated rings. The van der Waals surface area contributed by atoms with E-state index in [1.807, 2.05) is 6.07 Å². The maximum Gasteiger partial charge on any atom is 0.115 e. The lowest BCUT2D eigenvalue weighted by Crippen LogP contribution is -2.50. The summed E-state index contributed by atoms with van der Waals surface area (Å²) in [5.74, 6) is 4.59. The Morgan fingerprint density at radius 1 is 0.794 bits per heavy atom. The van der Waals surface area contributed by atoms with Crippen molar-refractivity contribution in [1.29, 1.82) is 0 Å². The molecule has 0 aromatic heterocycles. The van der Waals surface area contributed by atoms with Crippen LogP contribution in [0.1, 0.15) is 101 Å². The molecular formula is C31H42O3. The van der Waals surface area contributed by atoms with Crippen molar-refractivity contribution in [2.75, 3.05) is 0 Å². The van der Waals surface area contributed by atoms with Gasteiger partial charge in [-0.1, -0.05) is 37.3 Å². The standard InChI is InChI=1S/C31H42O3/c32-23-11-7-19-9-13-27-30(25(19)16-23)29(22-6-5-18-3-1-2-4-21(18)15-22)31-26-17-24(33)12-8-20(26)10-14-28(31)34-27/h7,11,16,18,20-22,24,27-30,32-33H,1-6,8-10,12-15,17H2. The molecule has 2 N–H and O–H groups in total. The zero-order valence-electron chi connectivity index (χ0n) is 20.6. The third-order valence-corrected chi connectivity index (χ3v) is 11.1. The Labute approximate surface area is 205 Å². The molecule has 5 aliphatic carbocycles. The van der Waals surface area contributed by atoms with Crippen molar-refractivity contribution in [2.45, 2.75) is 114 Å². The highest BCUT2D eigenvalue weighted by molar-refractivity contribution is 5.44. The molecule has 1 saturated heterocycles. The number of rotatable bonds is 1. The maximum absolute atomic E-state index is 10.7. The van der Waals surface area contributed by atoms with Crippen LogP contribution in [-0.4, -0.2) is 28.5 Å². The van der Waals surface area contributed by atoms with Crippen LogP contribution in [0.15, 0.2) is 29.3 Å². The van der Waals surface area contributed by atoms with Gasteiger partial charge in [0.15, 0.2) is 0 Å². The van der Waals surface area contributed by atoms with Gasteiger partial charge in [0.2, 0.25) is 0 Å². The van der Waals surface area contributed by atoms with Crippen LogP contribution in [-0.2, 0) is 11.2 Å². The third kappa shape index (κ3) is 3.60. The van der Waals surface area contributed by atoms with E-state index in [0.717, 1.165) is 49.9 Å². The van der Waals surface area contributed by atoms with Crippen molar-refractivity contribution in [1.82, 2.24) is 0 Å². The van der Waals surface area contributed by atoms with Crippen molar-refractivity contribution in [3.05, 3.63) is 40.5 Å². The van der Waals surface area contributed by atoms with E-state index in [1.165, 1.54) is 68.9 Å². The first kappa shape index (κ1) is 21.9. The van der Waals surface area contributed by atoms with Crippen LogP contribution in [0, 0.1) is 29.6 Å². The van der Waals surface area contributed by atoms with Crippen LogP contribution in [0.5, 0.6) is 5.75 Å². The van der Waals surface area contributed by atoms with Crippen molar-refractivity contribution >= 4 is 0 Å². The summed E-state index contributed by atoms with van der Waals surface area (Å²) in [4.78, 5) is 0. The molecule has 9 unspecified atom stereocenters. The molecule has 3 heteroatoms. The zero-order valence-corrected chi connectivity index (χ0v) is 20.6. The second kappa shape index (κ2) is 8.66. The Morgan fingerprint density at radius 2 is 1.62 bits per heavy atom. The maximum atomic E-state index is 10.7.